The van der Waals surface area contributed by atoms with E-state index in [1.54, 1.807) is 16.3 Å². The highest BCUT2D eigenvalue weighted by Gasteiger charge is 2.53. The van der Waals surface area contributed by atoms with Crippen molar-refractivity contribution in [3.8, 4) is 0 Å². The molecule has 0 bridgehead atoms. The van der Waals surface area contributed by atoms with Gasteiger partial charge in [0.1, 0.15) is 28.7 Å². The number of anilines is 1. The molecule has 2 aliphatic heterocycles. The molecule has 3 atom stereocenters. The lowest BCUT2D eigenvalue weighted by molar-refractivity contribution is -0.687. The summed E-state index contributed by atoms with van der Waals surface area (Å²) < 4.78 is 2.78. The summed E-state index contributed by atoms with van der Waals surface area (Å²) in [5.41, 5.74) is 8.21. The molecule has 2 amide bonds. The number of carbonyl (C=O) groups is 4. The Morgan fingerprint density at radius 1 is 1.40 bits per heavy atom. The first-order valence-electron chi connectivity index (χ1n) is 11.7. The number of nitrogens with two attached hydrogens (primary N) is 1. The Morgan fingerprint density at radius 3 is 2.90 bits per heavy atom. The number of aromatic nitrogens is 3. The number of carboxylic acid groups (broad SMARTS) is 2. The van der Waals surface area contributed by atoms with Crippen LogP contribution in [0.5, 0.6) is 0 Å². The van der Waals surface area contributed by atoms with Crippen LogP contribution in [0.4, 0.5) is 5.13 Å². The Balaban J connectivity index is 1.34. The van der Waals surface area contributed by atoms with Crippen molar-refractivity contribution in [2.45, 2.75) is 37.4 Å². The number of hydrogen-bond acceptors (Lipinski definition) is 13. The molecule has 2 aliphatic rings. The lowest BCUT2D eigenvalue weighted by Gasteiger charge is -2.50. The smallest absolute Gasteiger partial charge is 0.307 e. The summed E-state index contributed by atoms with van der Waals surface area (Å²) in [4.78, 5) is 64.0. The minimum absolute atomic E-state index is 0.0779. The lowest BCUT2D eigenvalue weighted by Crippen LogP contribution is -2.71. The number of β-lactam (4-membered cyclic amide) rings is 1. The molecule has 0 radical (unpaired) electrons. The number of nitrogens with one attached hydrogen (secondary N) is 1. The topological polar surface area (TPSA) is 204 Å². The van der Waals surface area contributed by atoms with Gasteiger partial charge in [-0.15, -0.1) is 34.4 Å². The van der Waals surface area contributed by atoms with E-state index in [4.69, 9.17) is 15.7 Å². The predicted molar refractivity (Wildman–Crippen MR) is 143 cm³/mol. The van der Waals surface area contributed by atoms with Crippen molar-refractivity contribution in [1.82, 2.24) is 20.2 Å². The van der Waals surface area contributed by atoms with Crippen molar-refractivity contribution in [3.05, 3.63) is 46.3 Å². The second-order valence-electron chi connectivity index (χ2n) is 8.84. The van der Waals surface area contributed by atoms with Crippen LogP contribution in [-0.4, -0.2) is 72.7 Å². The zero-order chi connectivity index (χ0) is 28.6. The summed E-state index contributed by atoms with van der Waals surface area (Å²) in [5.74, 6) is -3.76. The third kappa shape index (κ3) is 5.47. The van der Waals surface area contributed by atoms with Crippen molar-refractivity contribution in [3.63, 3.8) is 0 Å². The Labute approximate surface area is 238 Å². The second-order valence-corrected chi connectivity index (χ2v) is 11.7. The highest BCUT2D eigenvalue weighted by atomic mass is 32.2. The highest BCUT2D eigenvalue weighted by Crippen LogP contribution is 2.40. The van der Waals surface area contributed by atoms with Gasteiger partial charge in [0.25, 0.3) is 11.8 Å². The maximum absolute atomic E-state index is 13.2. The van der Waals surface area contributed by atoms with Crippen LogP contribution in [0.3, 0.4) is 0 Å². The normalized spacial score (nSPS) is 19.7. The summed E-state index contributed by atoms with van der Waals surface area (Å²) in [5, 5.41) is 28.4. The number of nitrogen functional groups attached to an aromatic ring is 1. The lowest BCUT2D eigenvalue weighted by atomic mass is 10.0. The maximum atomic E-state index is 13.2. The standard InChI is InChI=1S/C23H21N7O7S3/c1-10(4-15(31)32)37-28-16(13-8-39-23(24)26-13)19(33)27-17-20(34)30-18(22(35)36)11(7-38-21(17)30)5-29-3-2-14-12(6-29)25-9-40-14/h2-3,6,8-10,17,21H,4-5,7H2,1H3,(H4-,24,26,27,31,32,33,35,36)/t10?,17?,21-/m0/s1. The predicted octanol–water partition coefficient (Wildman–Crippen LogP) is -0.689. The van der Waals surface area contributed by atoms with Crippen molar-refractivity contribution in [2.75, 3.05) is 11.5 Å². The van der Waals surface area contributed by atoms with Crippen LogP contribution in [0.1, 0.15) is 19.0 Å². The second kappa shape index (κ2) is 11.2. The Hall–Kier alpha value is -4.09. The van der Waals surface area contributed by atoms with E-state index in [1.165, 1.54) is 35.4 Å². The Kier molecular flexibility index (Phi) is 7.68. The van der Waals surface area contributed by atoms with E-state index in [9.17, 15) is 24.3 Å². The first kappa shape index (κ1) is 27.5. The number of thiazole rings is 2. The molecule has 0 aliphatic carbocycles. The minimum Gasteiger partial charge on any atom is -0.543 e. The molecule has 0 spiro atoms. The van der Waals surface area contributed by atoms with Gasteiger partial charge in [-0.2, -0.15) is 4.57 Å². The molecule has 2 unspecified atom stereocenters. The van der Waals surface area contributed by atoms with Gasteiger partial charge in [-0.25, -0.2) is 9.97 Å². The molecule has 3 aromatic heterocycles. The van der Waals surface area contributed by atoms with E-state index in [0.29, 0.717) is 5.57 Å². The van der Waals surface area contributed by atoms with Crippen LogP contribution in [0.25, 0.3) is 10.2 Å². The largest absolute Gasteiger partial charge is 0.543 e. The molecule has 0 saturated carbocycles. The highest BCUT2D eigenvalue weighted by molar-refractivity contribution is 8.00. The number of carboxylic acids is 2. The van der Waals surface area contributed by atoms with Gasteiger partial charge in [0.05, 0.1) is 28.3 Å². The number of hydrogen-bond donors (Lipinski definition) is 3. The summed E-state index contributed by atoms with van der Waals surface area (Å²) in [6, 6.07) is 0.831. The van der Waals surface area contributed by atoms with Crippen molar-refractivity contribution in [1.29, 1.82) is 0 Å². The Bertz CT molecular complexity index is 1580. The molecule has 1 fully saturated rings. The van der Waals surface area contributed by atoms with Gasteiger partial charge >= 0.3 is 5.97 Å². The van der Waals surface area contributed by atoms with Crippen molar-refractivity contribution in [2.24, 2.45) is 5.16 Å². The first-order chi connectivity index (χ1) is 19.1. The fourth-order valence-electron chi connectivity index (χ4n) is 4.20. The van der Waals surface area contributed by atoms with Crippen LogP contribution in [0.15, 0.2) is 45.8 Å². The summed E-state index contributed by atoms with van der Waals surface area (Å²) >= 11 is 3.84. The van der Waals surface area contributed by atoms with Gasteiger partial charge in [0.2, 0.25) is 0 Å². The summed E-state index contributed by atoms with van der Waals surface area (Å²) in [6.45, 7) is 1.68. The third-order valence-corrected chi connectivity index (χ3v) is 8.82. The molecule has 3 aromatic rings. The average Bonchev–Trinajstić information content (AvgIpc) is 3.55. The maximum Gasteiger partial charge on any atom is 0.307 e. The van der Waals surface area contributed by atoms with Crippen LogP contribution < -0.4 is 20.7 Å². The Morgan fingerprint density at radius 2 is 2.20 bits per heavy atom. The molecule has 1 saturated heterocycles. The molecular formula is C23H21N7O7S3. The van der Waals surface area contributed by atoms with E-state index in [2.05, 4.69) is 20.4 Å². The number of thioether (sulfide) groups is 1. The fraction of sp³-hybridized carbons (Fsp3) is 0.304. The van der Waals surface area contributed by atoms with Gasteiger partial charge in [-0.05, 0) is 6.92 Å². The van der Waals surface area contributed by atoms with E-state index < -0.39 is 41.3 Å². The molecule has 0 aromatic carbocycles. The molecule has 40 heavy (non-hydrogen) atoms. The summed E-state index contributed by atoms with van der Waals surface area (Å²) in [6.07, 6.45) is 2.40. The van der Waals surface area contributed by atoms with Crippen molar-refractivity contribution >= 4 is 79.2 Å². The van der Waals surface area contributed by atoms with E-state index in [0.717, 1.165) is 26.5 Å². The molecular weight excluding hydrogens is 582 g/mol. The molecule has 17 heteroatoms. The van der Waals surface area contributed by atoms with Gasteiger partial charge in [-0.1, -0.05) is 5.16 Å². The van der Waals surface area contributed by atoms with Gasteiger partial charge in [0, 0.05) is 22.8 Å². The van der Waals surface area contributed by atoms with E-state index in [1.807, 2.05) is 12.3 Å². The number of carbonyl (C=O) groups excluding carboxylic acids is 3. The van der Waals surface area contributed by atoms with E-state index >= 15 is 0 Å². The number of aliphatic carboxylic acids is 2. The van der Waals surface area contributed by atoms with Gasteiger partial charge < -0.3 is 30.9 Å². The number of pyridine rings is 1. The minimum atomic E-state index is -1.49. The zero-order valence-corrected chi connectivity index (χ0v) is 23.1. The quantitative estimate of drug-likeness (QED) is 0.114. The number of rotatable bonds is 10. The van der Waals surface area contributed by atoms with Crippen LogP contribution in [0.2, 0.25) is 0 Å². The average molecular weight is 604 g/mol. The van der Waals surface area contributed by atoms with E-state index in [-0.39, 0.29) is 41.0 Å². The van der Waals surface area contributed by atoms with Crippen molar-refractivity contribution < 1.29 is 38.8 Å². The number of fused-ring (bicyclic) bond motifs is 2. The zero-order valence-electron chi connectivity index (χ0n) is 20.7. The van der Waals surface area contributed by atoms with Crippen LogP contribution in [-0.2, 0) is 30.6 Å². The van der Waals surface area contributed by atoms with Gasteiger partial charge in [0.15, 0.2) is 29.8 Å². The van der Waals surface area contributed by atoms with Crippen LogP contribution >= 0.6 is 34.4 Å². The van der Waals surface area contributed by atoms with Crippen LogP contribution in [0, 0.1) is 0 Å². The monoisotopic (exact) mass is 603 g/mol. The third-order valence-electron chi connectivity index (χ3n) is 6.00. The molecule has 4 N–H and O–H groups in total. The molecule has 208 valence electrons. The fourth-order valence-corrected chi connectivity index (χ4v) is 6.73. The number of amides is 2. The molecule has 5 heterocycles. The SMILES string of the molecule is CC(CC(=O)O)ON=C(C(=O)NC1C(=O)N2C(C(=O)[O-])=C(C[n+]3ccc4scnc4c3)CS[C@@H]12)c1csc(N)n1. The summed E-state index contributed by atoms with van der Waals surface area (Å²) in [7, 11) is 0. The molecule has 14 nitrogen and oxygen atoms in total. The molecule has 5 rings (SSSR count). The number of nitrogens with zero attached hydrogens (tertiary/aromatic N) is 5. The number of oxime groups is 1. The first-order valence-corrected chi connectivity index (χ1v) is 14.5. The van der Waals surface area contributed by atoms with Gasteiger partial charge in [-0.3, -0.25) is 19.3 Å².